The van der Waals surface area contributed by atoms with Crippen molar-refractivity contribution in [2.24, 2.45) is 0 Å². The van der Waals surface area contributed by atoms with Crippen molar-refractivity contribution in [2.75, 3.05) is 19.5 Å². The minimum absolute atomic E-state index is 0.101. The molecule has 0 unspecified atom stereocenters. The second-order valence-electron chi connectivity index (χ2n) is 4.25. The van der Waals surface area contributed by atoms with Crippen LogP contribution in [0.3, 0.4) is 0 Å². The number of amides is 3. The number of ether oxygens (including phenoxy) is 2. The number of aliphatic hydroxyl groups is 1. The highest BCUT2D eigenvalue weighted by molar-refractivity contribution is 5.91. The summed E-state index contributed by atoms with van der Waals surface area (Å²) < 4.78 is 10.2. The largest absolute Gasteiger partial charge is 0.493 e. The van der Waals surface area contributed by atoms with Crippen LogP contribution in [-0.4, -0.2) is 37.4 Å². The Morgan fingerprint density at radius 2 is 1.86 bits per heavy atom. The van der Waals surface area contributed by atoms with Crippen molar-refractivity contribution in [1.29, 1.82) is 0 Å². The normalized spacial score (nSPS) is 11.2. The predicted octanol–water partition coefficient (Wildman–Crippen LogP) is 0.627. The van der Waals surface area contributed by atoms with Crippen LogP contribution in [0.5, 0.6) is 11.5 Å². The van der Waals surface area contributed by atoms with Crippen LogP contribution < -0.4 is 25.6 Å². The lowest BCUT2D eigenvalue weighted by Gasteiger charge is -2.12. The molecule has 1 atom stereocenters. The van der Waals surface area contributed by atoms with E-state index < -0.39 is 18.0 Å². The fraction of sp³-hybridized carbons (Fsp3) is 0.385. The molecule has 0 aliphatic heterocycles. The molecule has 1 aromatic carbocycles. The SMILES string of the molecule is COc1ccc(NC(=O)NNC(=O)C[C@H](C)O)cc1OC. The third kappa shape index (κ3) is 5.57. The minimum Gasteiger partial charge on any atom is -0.493 e. The molecule has 0 aliphatic carbocycles. The van der Waals surface area contributed by atoms with E-state index in [1.54, 1.807) is 18.2 Å². The van der Waals surface area contributed by atoms with Gasteiger partial charge in [-0.1, -0.05) is 0 Å². The first-order valence-corrected chi connectivity index (χ1v) is 6.22. The molecule has 0 saturated heterocycles. The van der Waals surface area contributed by atoms with Crippen LogP contribution in [0.4, 0.5) is 10.5 Å². The van der Waals surface area contributed by atoms with Crippen molar-refractivity contribution in [2.45, 2.75) is 19.4 Å². The summed E-state index contributed by atoms with van der Waals surface area (Å²) in [5.74, 6) is 0.509. The zero-order valence-corrected chi connectivity index (χ0v) is 12.1. The maximum atomic E-state index is 11.6. The Morgan fingerprint density at radius 1 is 1.19 bits per heavy atom. The topological polar surface area (TPSA) is 109 Å². The smallest absolute Gasteiger partial charge is 0.337 e. The molecule has 0 aliphatic rings. The summed E-state index contributed by atoms with van der Waals surface area (Å²) >= 11 is 0. The molecule has 1 aromatic rings. The molecule has 8 nitrogen and oxygen atoms in total. The van der Waals surface area contributed by atoms with Crippen LogP contribution >= 0.6 is 0 Å². The molecule has 0 heterocycles. The van der Waals surface area contributed by atoms with Crippen LogP contribution in [-0.2, 0) is 4.79 Å². The van der Waals surface area contributed by atoms with E-state index in [1.807, 2.05) is 0 Å². The van der Waals surface area contributed by atoms with Gasteiger partial charge in [0, 0.05) is 11.8 Å². The molecular weight excluding hydrogens is 278 g/mol. The monoisotopic (exact) mass is 297 g/mol. The number of carbonyl (C=O) groups is 2. The Hall–Kier alpha value is -2.48. The van der Waals surface area contributed by atoms with E-state index in [4.69, 9.17) is 14.6 Å². The number of hydrazine groups is 1. The van der Waals surface area contributed by atoms with Crippen molar-refractivity contribution >= 4 is 17.6 Å². The highest BCUT2D eigenvalue weighted by Crippen LogP contribution is 2.29. The van der Waals surface area contributed by atoms with Crippen molar-refractivity contribution in [3.05, 3.63) is 18.2 Å². The number of rotatable bonds is 5. The Kier molecular flexibility index (Phi) is 6.28. The van der Waals surface area contributed by atoms with Gasteiger partial charge in [0.2, 0.25) is 5.91 Å². The molecule has 0 radical (unpaired) electrons. The first-order valence-electron chi connectivity index (χ1n) is 6.22. The van der Waals surface area contributed by atoms with Crippen LogP contribution in [0, 0.1) is 0 Å². The standard InChI is InChI=1S/C13H19N3O5/c1-8(17)6-12(18)15-16-13(19)14-9-4-5-10(20-2)11(7-9)21-3/h4-5,7-8,17H,6H2,1-3H3,(H,15,18)(H2,14,16,19)/t8-/m0/s1. The fourth-order valence-electron chi connectivity index (χ4n) is 1.52. The number of hydrogen-bond donors (Lipinski definition) is 4. The van der Waals surface area contributed by atoms with Gasteiger partial charge in [-0.3, -0.25) is 10.2 Å². The van der Waals surface area contributed by atoms with Crippen molar-refractivity contribution < 1.29 is 24.2 Å². The summed E-state index contributed by atoms with van der Waals surface area (Å²) in [5.41, 5.74) is 4.81. The minimum atomic E-state index is -0.777. The molecule has 0 spiro atoms. The zero-order valence-electron chi connectivity index (χ0n) is 12.1. The molecule has 8 heteroatoms. The Morgan fingerprint density at radius 3 is 2.43 bits per heavy atom. The van der Waals surface area contributed by atoms with Gasteiger partial charge >= 0.3 is 6.03 Å². The highest BCUT2D eigenvalue weighted by atomic mass is 16.5. The van der Waals surface area contributed by atoms with Gasteiger partial charge in [-0.05, 0) is 19.1 Å². The van der Waals surface area contributed by atoms with E-state index in [2.05, 4.69) is 16.2 Å². The van der Waals surface area contributed by atoms with Crippen molar-refractivity contribution in [3.8, 4) is 11.5 Å². The maximum absolute atomic E-state index is 11.6. The number of aliphatic hydroxyl groups excluding tert-OH is 1. The zero-order chi connectivity index (χ0) is 15.8. The molecule has 0 bridgehead atoms. The lowest BCUT2D eigenvalue weighted by Crippen LogP contribution is -2.44. The Bertz CT molecular complexity index is 505. The molecule has 0 fully saturated rings. The van der Waals surface area contributed by atoms with Crippen molar-refractivity contribution in [1.82, 2.24) is 10.9 Å². The summed E-state index contributed by atoms with van der Waals surface area (Å²) in [6.07, 6.45) is -0.878. The Balaban J connectivity index is 2.53. The number of methoxy groups -OCH3 is 2. The van der Waals surface area contributed by atoms with Crippen molar-refractivity contribution in [3.63, 3.8) is 0 Å². The Labute approximate surface area is 122 Å². The lowest BCUT2D eigenvalue weighted by atomic mass is 10.3. The third-order valence-electron chi connectivity index (χ3n) is 2.44. The molecule has 4 N–H and O–H groups in total. The van der Waals surface area contributed by atoms with Gasteiger partial charge in [-0.25, -0.2) is 10.2 Å². The van der Waals surface area contributed by atoms with E-state index in [9.17, 15) is 9.59 Å². The van der Waals surface area contributed by atoms with Gasteiger partial charge in [0.25, 0.3) is 0 Å². The van der Waals surface area contributed by atoms with Gasteiger partial charge < -0.3 is 19.9 Å². The number of carbonyl (C=O) groups excluding carboxylic acids is 2. The number of urea groups is 1. The van der Waals surface area contributed by atoms with Crippen LogP contribution in [0.25, 0.3) is 0 Å². The molecule has 0 aromatic heterocycles. The molecular formula is C13H19N3O5. The summed E-state index contributed by atoms with van der Waals surface area (Å²) in [5, 5.41) is 11.5. The van der Waals surface area contributed by atoms with Gasteiger partial charge in [0.05, 0.1) is 26.7 Å². The van der Waals surface area contributed by atoms with Crippen LogP contribution in [0.2, 0.25) is 0 Å². The van der Waals surface area contributed by atoms with E-state index in [-0.39, 0.29) is 6.42 Å². The summed E-state index contributed by atoms with van der Waals surface area (Å²) in [6, 6.07) is 4.22. The van der Waals surface area contributed by atoms with E-state index in [0.29, 0.717) is 17.2 Å². The van der Waals surface area contributed by atoms with E-state index in [0.717, 1.165) is 0 Å². The van der Waals surface area contributed by atoms with E-state index >= 15 is 0 Å². The van der Waals surface area contributed by atoms with Gasteiger partial charge in [-0.15, -0.1) is 0 Å². The quantitative estimate of drug-likeness (QED) is 0.596. The first-order chi connectivity index (χ1) is 9.96. The van der Waals surface area contributed by atoms with Gasteiger partial charge in [0.15, 0.2) is 11.5 Å². The fourth-order valence-corrected chi connectivity index (χ4v) is 1.52. The lowest BCUT2D eigenvalue weighted by molar-refractivity contribution is -0.123. The number of anilines is 1. The highest BCUT2D eigenvalue weighted by Gasteiger charge is 2.09. The molecule has 116 valence electrons. The number of nitrogens with one attached hydrogen (secondary N) is 3. The van der Waals surface area contributed by atoms with E-state index in [1.165, 1.54) is 21.1 Å². The average Bonchev–Trinajstić information content (AvgIpc) is 2.44. The average molecular weight is 297 g/mol. The number of benzene rings is 1. The third-order valence-corrected chi connectivity index (χ3v) is 2.44. The molecule has 1 rings (SSSR count). The summed E-state index contributed by atoms with van der Waals surface area (Å²) in [6.45, 7) is 1.48. The van der Waals surface area contributed by atoms with Gasteiger partial charge in [0.1, 0.15) is 0 Å². The molecule has 21 heavy (non-hydrogen) atoms. The van der Waals surface area contributed by atoms with Crippen LogP contribution in [0.1, 0.15) is 13.3 Å². The second-order valence-corrected chi connectivity index (χ2v) is 4.25. The predicted molar refractivity (Wildman–Crippen MR) is 76.1 cm³/mol. The van der Waals surface area contributed by atoms with Crippen LogP contribution in [0.15, 0.2) is 18.2 Å². The maximum Gasteiger partial charge on any atom is 0.337 e. The number of hydrogen-bond acceptors (Lipinski definition) is 5. The summed E-state index contributed by atoms with van der Waals surface area (Å²) in [4.78, 5) is 22.8. The first kappa shape index (κ1) is 16.6. The van der Waals surface area contributed by atoms with Gasteiger partial charge in [-0.2, -0.15) is 0 Å². The molecule has 0 saturated carbocycles. The molecule has 3 amide bonds. The second kappa shape index (κ2) is 7.95. The summed E-state index contributed by atoms with van der Waals surface area (Å²) in [7, 11) is 2.99.